The molecule has 0 radical (unpaired) electrons. The topological polar surface area (TPSA) is 69.0 Å². The van der Waals surface area contributed by atoms with Gasteiger partial charge in [0.2, 0.25) is 11.0 Å². The molecule has 0 saturated carbocycles. The van der Waals surface area contributed by atoms with E-state index in [0.717, 1.165) is 32.8 Å². The molecule has 5 rings (SSSR count). The summed E-state index contributed by atoms with van der Waals surface area (Å²) in [6.07, 6.45) is 0.334. The number of nitrogens with one attached hydrogen (secondary N) is 1. The highest BCUT2D eigenvalue weighted by Crippen LogP contribution is 2.43. The van der Waals surface area contributed by atoms with E-state index in [9.17, 15) is 4.79 Å². The Bertz CT molecular complexity index is 1280. The van der Waals surface area contributed by atoms with Gasteiger partial charge in [0.25, 0.3) is 0 Å². The number of carbonyl (C=O) groups is 1. The van der Waals surface area contributed by atoms with Crippen LogP contribution in [-0.4, -0.2) is 27.3 Å². The van der Waals surface area contributed by atoms with Gasteiger partial charge < -0.3 is 10.1 Å². The molecule has 0 spiro atoms. The van der Waals surface area contributed by atoms with Gasteiger partial charge >= 0.3 is 0 Å². The van der Waals surface area contributed by atoms with E-state index in [4.69, 9.17) is 26.4 Å². The lowest BCUT2D eigenvalue weighted by Crippen LogP contribution is -2.25. The quantitative estimate of drug-likeness (QED) is 0.468. The van der Waals surface area contributed by atoms with Crippen molar-refractivity contribution >= 4 is 44.9 Å². The zero-order valence-electron chi connectivity index (χ0n) is 16.5. The number of carbonyl (C=O) groups excluding carboxylic acids is 1. The molecule has 1 aliphatic rings. The Morgan fingerprint density at radius 1 is 1.30 bits per heavy atom. The first-order valence-corrected chi connectivity index (χ1v) is 10.9. The van der Waals surface area contributed by atoms with Crippen LogP contribution in [0.2, 0.25) is 5.02 Å². The Morgan fingerprint density at radius 3 is 2.93 bits per heavy atom. The normalized spacial score (nSPS) is 15.8. The third-order valence-electron chi connectivity index (χ3n) is 5.22. The van der Waals surface area contributed by atoms with E-state index in [1.54, 1.807) is 4.68 Å². The second-order valence-electron chi connectivity index (χ2n) is 7.14. The number of aryl methyl sites for hydroxylation is 1. The average molecular weight is 439 g/mol. The third kappa shape index (κ3) is 3.14. The van der Waals surface area contributed by atoms with Gasteiger partial charge in [-0.2, -0.15) is 9.78 Å². The predicted octanol–water partition coefficient (Wildman–Crippen LogP) is 5.32. The number of anilines is 1. The highest BCUT2D eigenvalue weighted by Gasteiger charge is 2.34. The molecule has 0 saturated heterocycles. The molecule has 0 fully saturated rings. The number of halogens is 1. The zero-order valence-corrected chi connectivity index (χ0v) is 18.0. The smallest absolute Gasteiger partial charge is 0.226 e. The number of thiazole rings is 1. The zero-order chi connectivity index (χ0) is 20.8. The van der Waals surface area contributed by atoms with Crippen molar-refractivity contribution in [1.29, 1.82) is 0 Å². The number of ether oxygens (including phenoxy) is 1. The van der Waals surface area contributed by atoms with Gasteiger partial charge in [-0.25, -0.2) is 4.98 Å². The van der Waals surface area contributed by atoms with Crippen molar-refractivity contribution in [2.24, 2.45) is 0 Å². The maximum atomic E-state index is 12.6. The van der Waals surface area contributed by atoms with Crippen molar-refractivity contribution < 1.29 is 9.53 Å². The van der Waals surface area contributed by atoms with Gasteiger partial charge in [-0.15, -0.1) is 0 Å². The molecule has 4 aromatic rings. The van der Waals surface area contributed by atoms with Crippen LogP contribution in [0.15, 0.2) is 42.5 Å². The summed E-state index contributed by atoms with van der Waals surface area (Å²) in [6.45, 7) is 4.52. The summed E-state index contributed by atoms with van der Waals surface area (Å²) in [4.78, 5) is 17.3. The molecule has 0 bridgehead atoms. The molecule has 1 N–H and O–H groups in total. The van der Waals surface area contributed by atoms with Gasteiger partial charge in [-0.3, -0.25) is 4.79 Å². The molecule has 30 heavy (non-hydrogen) atoms. The number of nitrogens with zero attached hydrogens (tertiary/aromatic N) is 3. The summed E-state index contributed by atoms with van der Waals surface area (Å²) in [7, 11) is 0. The number of fused-ring (bicyclic) bond motifs is 2. The maximum Gasteiger partial charge on any atom is 0.226 e. The summed E-state index contributed by atoms with van der Waals surface area (Å²) >= 11 is 7.97. The first-order valence-electron chi connectivity index (χ1n) is 9.72. The van der Waals surface area contributed by atoms with Crippen LogP contribution in [0.25, 0.3) is 15.3 Å². The molecule has 1 aliphatic heterocycles. The van der Waals surface area contributed by atoms with E-state index in [2.05, 4.69) is 5.32 Å². The minimum Gasteiger partial charge on any atom is -0.494 e. The van der Waals surface area contributed by atoms with E-state index in [1.807, 2.05) is 56.3 Å². The van der Waals surface area contributed by atoms with E-state index in [-0.39, 0.29) is 11.8 Å². The van der Waals surface area contributed by atoms with Crippen molar-refractivity contribution in [2.75, 3.05) is 11.9 Å². The van der Waals surface area contributed by atoms with Crippen molar-refractivity contribution in [1.82, 2.24) is 14.8 Å². The molecule has 0 unspecified atom stereocenters. The minimum atomic E-state index is -0.143. The molecule has 2 aromatic heterocycles. The van der Waals surface area contributed by atoms with E-state index >= 15 is 0 Å². The van der Waals surface area contributed by atoms with Crippen LogP contribution in [-0.2, 0) is 4.79 Å². The molecular weight excluding hydrogens is 420 g/mol. The first kappa shape index (κ1) is 19.1. The molecule has 1 amide bonds. The number of hydrogen-bond donors (Lipinski definition) is 1. The van der Waals surface area contributed by atoms with Crippen LogP contribution in [0.5, 0.6) is 5.75 Å². The van der Waals surface area contributed by atoms with Crippen molar-refractivity contribution in [2.45, 2.75) is 26.2 Å². The Hall–Kier alpha value is -2.90. The number of benzene rings is 2. The standard InChI is InChI=1S/C22H19ClN4O2S/c1-3-29-13-8-9-17-18(10-13)30-22(24-17)27-21-20(12(2)26-27)15(11-19(28)25-21)14-6-4-5-7-16(14)23/h4-10,15H,3,11H2,1-2H3,(H,25,28)/t15-/m1/s1. The van der Waals surface area contributed by atoms with Crippen LogP contribution < -0.4 is 10.1 Å². The highest BCUT2D eigenvalue weighted by atomic mass is 35.5. The van der Waals surface area contributed by atoms with Crippen LogP contribution in [0.3, 0.4) is 0 Å². The molecular formula is C22H19ClN4O2S. The second-order valence-corrected chi connectivity index (χ2v) is 8.56. The monoisotopic (exact) mass is 438 g/mol. The predicted molar refractivity (Wildman–Crippen MR) is 119 cm³/mol. The fourth-order valence-corrected chi connectivity index (χ4v) is 5.17. The van der Waals surface area contributed by atoms with Crippen molar-refractivity contribution in [3.8, 4) is 10.9 Å². The fourth-order valence-electron chi connectivity index (χ4n) is 3.95. The van der Waals surface area contributed by atoms with Crippen molar-refractivity contribution in [3.63, 3.8) is 0 Å². The van der Waals surface area contributed by atoms with Crippen LogP contribution in [0, 0.1) is 6.92 Å². The Kier molecular flexibility index (Phi) is 4.72. The summed E-state index contributed by atoms with van der Waals surface area (Å²) in [6, 6.07) is 13.5. The number of hydrogen-bond acceptors (Lipinski definition) is 5. The first-order chi connectivity index (χ1) is 14.5. The lowest BCUT2D eigenvalue weighted by atomic mass is 9.86. The number of rotatable bonds is 4. The largest absolute Gasteiger partial charge is 0.494 e. The summed E-state index contributed by atoms with van der Waals surface area (Å²) in [5.74, 6) is 1.27. The Balaban J connectivity index is 1.64. The molecule has 1 atom stereocenters. The highest BCUT2D eigenvalue weighted by molar-refractivity contribution is 7.20. The molecule has 8 heteroatoms. The minimum absolute atomic E-state index is 0.0617. The van der Waals surface area contributed by atoms with Crippen molar-refractivity contribution in [3.05, 3.63) is 64.3 Å². The number of aromatic nitrogens is 3. The van der Waals surface area contributed by atoms with E-state index < -0.39 is 0 Å². The van der Waals surface area contributed by atoms with Gasteiger partial charge in [0.05, 0.1) is 22.5 Å². The molecule has 6 nitrogen and oxygen atoms in total. The SMILES string of the molecule is CCOc1ccc2nc(-n3nc(C)c4c3NC(=O)C[C@@H]4c3ccccc3Cl)sc2c1. The summed E-state index contributed by atoms with van der Waals surface area (Å²) in [5, 5.41) is 9.08. The van der Waals surface area contributed by atoms with Crippen LogP contribution in [0.1, 0.15) is 36.1 Å². The lowest BCUT2D eigenvalue weighted by molar-refractivity contribution is -0.116. The second kappa shape index (κ2) is 7.41. The van der Waals surface area contributed by atoms with Crippen LogP contribution >= 0.6 is 22.9 Å². The molecule has 2 aromatic carbocycles. The van der Waals surface area contributed by atoms with Gasteiger partial charge in [0.1, 0.15) is 11.6 Å². The van der Waals surface area contributed by atoms with Gasteiger partial charge in [0.15, 0.2) is 0 Å². The third-order valence-corrected chi connectivity index (χ3v) is 6.56. The van der Waals surface area contributed by atoms with E-state index in [0.29, 0.717) is 29.0 Å². The Morgan fingerprint density at radius 2 is 2.13 bits per heavy atom. The molecule has 3 heterocycles. The number of amides is 1. The lowest BCUT2D eigenvalue weighted by Gasteiger charge is -2.24. The van der Waals surface area contributed by atoms with Gasteiger partial charge in [-0.05, 0) is 43.7 Å². The van der Waals surface area contributed by atoms with Gasteiger partial charge in [0, 0.05) is 22.9 Å². The van der Waals surface area contributed by atoms with Crippen LogP contribution in [0.4, 0.5) is 5.82 Å². The average Bonchev–Trinajstić information content (AvgIpc) is 3.28. The maximum absolute atomic E-state index is 12.6. The fraction of sp³-hybridized carbons (Fsp3) is 0.227. The van der Waals surface area contributed by atoms with E-state index in [1.165, 1.54) is 11.3 Å². The summed E-state index contributed by atoms with van der Waals surface area (Å²) in [5.41, 5.74) is 3.63. The Labute approximate surface area is 182 Å². The molecule has 152 valence electrons. The van der Waals surface area contributed by atoms with Gasteiger partial charge in [-0.1, -0.05) is 41.1 Å². The molecule has 0 aliphatic carbocycles. The summed E-state index contributed by atoms with van der Waals surface area (Å²) < 4.78 is 8.33.